The minimum absolute atomic E-state index is 0.0287. The number of likely N-dealkylation sites (N-methyl/N-ethyl adjacent to an activating group) is 1. The quantitative estimate of drug-likeness (QED) is 0.809. The van der Waals surface area contributed by atoms with Gasteiger partial charge in [0.2, 0.25) is 5.91 Å². The number of carbonyl (C=O) groups is 1. The second-order valence-electron chi connectivity index (χ2n) is 6.31. The van der Waals surface area contributed by atoms with Gasteiger partial charge in [-0.25, -0.2) is 0 Å². The number of hydrogen-bond acceptors (Lipinski definition) is 5. The lowest BCUT2D eigenvalue weighted by atomic mass is 9.97. The van der Waals surface area contributed by atoms with Crippen molar-refractivity contribution in [3.05, 3.63) is 53.2 Å². The first-order chi connectivity index (χ1) is 11.6. The highest BCUT2D eigenvalue weighted by Crippen LogP contribution is 2.23. The van der Waals surface area contributed by atoms with E-state index in [2.05, 4.69) is 9.88 Å². The molecule has 2 aromatic heterocycles. The van der Waals surface area contributed by atoms with Crippen LogP contribution < -0.4 is 0 Å². The molecular weight excluding hydrogens is 306 g/mol. The van der Waals surface area contributed by atoms with Gasteiger partial charge in [0, 0.05) is 51.7 Å². The number of ether oxygens (including phenoxy) is 1. The van der Waals surface area contributed by atoms with Gasteiger partial charge in [-0.1, -0.05) is 0 Å². The van der Waals surface area contributed by atoms with E-state index in [0.717, 1.165) is 31.6 Å². The standard InChI is InChI=1S/C18H23N3O3/c1-20(2)18(22)13-24-12-16-8-19-7-15-10-21(5-3-17(15)16)9-14-4-6-23-11-14/h4,6-8,11H,3,5,9-10,12-13H2,1-2H3. The summed E-state index contributed by atoms with van der Waals surface area (Å²) in [6.07, 6.45) is 8.26. The molecule has 0 radical (unpaired) electrons. The third kappa shape index (κ3) is 4.01. The lowest BCUT2D eigenvalue weighted by Gasteiger charge is -2.29. The van der Waals surface area contributed by atoms with Crippen molar-refractivity contribution >= 4 is 5.91 Å². The number of hydrogen-bond donors (Lipinski definition) is 0. The Labute approximate surface area is 142 Å². The summed E-state index contributed by atoms with van der Waals surface area (Å²) < 4.78 is 10.7. The molecule has 0 unspecified atom stereocenters. The molecule has 0 aliphatic carbocycles. The maximum atomic E-state index is 11.6. The minimum atomic E-state index is -0.0287. The molecule has 0 saturated heterocycles. The SMILES string of the molecule is CN(C)C(=O)COCc1cncc2c1CCN(Cc1ccoc1)C2. The summed E-state index contributed by atoms with van der Waals surface area (Å²) in [7, 11) is 3.46. The summed E-state index contributed by atoms with van der Waals surface area (Å²) in [6.45, 7) is 3.28. The summed E-state index contributed by atoms with van der Waals surface area (Å²) in [5.41, 5.74) is 4.82. The molecule has 1 aliphatic rings. The molecule has 6 nitrogen and oxygen atoms in total. The Bertz CT molecular complexity index is 683. The lowest BCUT2D eigenvalue weighted by molar-refractivity contribution is -0.133. The fourth-order valence-electron chi connectivity index (χ4n) is 2.90. The van der Waals surface area contributed by atoms with Crippen molar-refractivity contribution in [1.82, 2.24) is 14.8 Å². The molecule has 128 valence electrons. The summed E-state index contributed by atoms with van der Waals surface area (Å²) in [6, 6.07) is 2.00. The van der Waals surface area contributed by atoms with Crippen molar-refractivity contribution in [1.29, 1.82) is 0 Å². The first-order valence-corrected chi connectivity index (χ1v) is 8.09. The van der Waals surface area contributed by atoms with E-state index in [4.69, 9.17) is 9.15 Å². The van der Waals surface area contributed by atoms with Crippen LogP contribution in [0, 0.1) is 0 Å². The monoisotopic (exact) mass is 329 g/mol. The Balaban J connectivity index is 1.60. The molecule has 24 heavy (non-hydrogen) atoms. The van der Waals surface area contributed by atoms with E-state index >= 15 is 0 Å². The number of nitrogens with zero attached hydrogens (tertiary/aromatic N) is 3. The first kappa shape index (κ1) is 16.7. The van der Waals surface area contributed by atoms with Gasteiger partial charge in [0.05, 0.1) is 19.1 Å². The van der Waals surface area contributed by atoms with Crippen LogP contribution in [0.2, 0.25) is 0 Å². The van der Waals surface area contributed by atoms with Gasteiger partial charge < -0.3 is 14.1 Å². The molecule has 0 N–H and O–H groups in total. The van der Waals surface area contributed by atoms with Crippen molar-refractivity contribution in [3.8, 4) is 0 Å². The van der Waals surface area contributed by atoms with Crippen LogP contribution in [0.5, 0.6) is 0 Å². The van der Waals surface area contributed by atoms with E-state index in [1.165, 1.54) is 21.6 Å². The maximum Gasteiger partial charge on any atom is 0.248 e. The highest BCUT2D eigenvalue weighted by molar-refractivity contribution is 5.76. The van der Waals surface area contributed by atoms with Crippen molar-refractivity contribution in [2.75, 3.05) is 27.2 Å². The molecular formula is C18H23N3O3. The Kier molecular flexibility index (Phi) is 5.27. The molecule has 0 bridgehead atoms. The molecule has 3 rings (SSSR count). The van der Waals surface area contributed by atoms with Gasteiger partial charge in [0.1, 0.15) is 6.61 Å². The second-order valence-corrected chi connectivity index (χ2v) is 6.31. The summed E-state index contributed by atoms with van der Waals surface area (Å²) in [5.74, 6) is -0.0287. The van der Waals surface area contributed by atoms with Gasteiger partial charge in [-0.2, -0.15) is 0 Å². The smallest absolute Gasteiger partial charge is 0.248 e. The van der Waals surface area contributed by atoms with E-state index < -0.39 is 0 Å². The van der Waals surface area contributed by atoms with Crippen molar-refractivity contribution in [2.45, 2.75) is 26.1 Å². The van der Waals surface area contributed by atoms with Gasteiger partial charge in [0.25, 0.3) is 0 Å². The summed E-state index contributed by atoms with van der Waals surface area (Å²) in [4.78, 5) is 19.8. The zero-order valence-corrected chi connectivity index (χ0v) is 14.2. The molecule has 0 aromatic carbocycles. The Hall–Kier alpha value is -2.18. The third-order valence-electron chi connectivity index (χ3n) is 4.28. The molecule has 0 saturated carbocycles. The molecule has 2 aromatic rings. The average Bonchev–Trinajstić information content (AvgIpc) is 3.07. The van der Waals surface area contributed by atoms with Gasteiger partial charge in [-0.15, -0.1) is 0 Å². The highest BCUT2D eigenvalue weighted by atomic mass is 16.5. The van der Waals surface area contributed by atoms with E-state index in [-0.39, 0.29) is 12.5 Å². The van der Waals surface area contributed by atoms with Gasteiger partial charge >= 0.3 is 0 Å². The fraction of sp³-hybridized carbons (Fsp3) is 0.444. The van der Waals surface area contributed by atoms with E-state index in [1.54, 1.807) is 26.6 Å². The Morgan fingerprint density at radius 1 is 1.42 bits per heavy atom. The van der Waals surface area contributed by atoms with Gasteiger partial charge in [-0.3, -0.25) is 14.7 Å². The van der Waals surface area contributed by atoms with Crippen LogP contribution in [0.3, 0.4) is 0 Å². The average molecular weight is 329 g/mol. The van der Waals surface area contributed by atoms with Crippen LogP contribution in [0.4, 0.5) is 0 Å². The number of rotatable bonds is 6. The maximum absolute atomic E-state index is 11.6. The van der Waals surface area contributed by atoms with E-state index in [0.29, 0.717) is 6.61 Å². The van der Waals surface area contributed by atoms with Crippen molar-refractivity contribution < 1.29 is 13.9 Å². The Morgan fingerprint density at radius 3 is 3.04 bits per heavy atom. The molecule has 1 aliphatic heterocycles. The van der Waals surface area contributed by atoms with Crippen LogP contribution in [0.1, 0.15) is 22.3 Å². The lowest BCUT2D eigenvalue weighted by Crippen LogP contribution is -2.31. The predicted molar refractivity (Wildman–Crippen MR) is 89.1 cm³/mol. The number of pyridine rings is 1. The van der Waals surface area contributed by atoms with Crippen LogP contribution in [-0.2, 0) is 35.6 Å². The van der Waals surface area contributed by atoms with Crippen LogP contribution in [0.15, 0.2) is 35.4 Å². The number of carbonyl (C=O) groups excluding carboxylic acids is 1. The van der Waals surface area contributed by atoms with Crippen LogP contribution in [-0.4, -0.2) is 47.9 Å². The Morgan fingerprint density at radius 2 is 2.29 bits per heavy atom. The van der Waals surface area contributed by atoms with Crippen LogP contribution >= 0.6 is 0 Å². The normalized spacial score (nSPS) is 14.4. The van der Waals surface area contributed by atoms with Gasteiger partial charge in [0.15, 0.2) is 0 Å². The molecule has 0 atom stereocenters. The zero-order valence-electron chi connectivity index (χ0n) is 14.2. The molecule has 0 spiro atoms. The van der Waals surface area contributed by atoms with Gasteiger partial charge in [-0.05, 0) is 29.2 Å². The van der Waals surface area contributed by atoms with Crippen molar-refractivity contribution in [3.63, 3.8) is 0 Å². The van der Waals surface area contributed by atoms with Crippen LogP contribution in [0.25, 0.3) is 0 Å². The molecule has 6 heteroatoms. The molecule has 0 fully saturated rings. The molecule has 3 heterocycles. The first-order valence-electron chi connectivity index (χ1n) is 8.09. The zero-order chi connectivity index (χ0) is 16.9. The van der Waals surface area contributed by atoms with Crippen molar-refractivity contribution in [2.24, 2.45) is 0 Å². The summed E-state index contributed by atoms with van der Waals surface area (Å²) >= 11 is 0. The number of fused-ring (bicyclic) bond motifs is 1. The number of amides is 1. The second kappa shape index (κ2) is 7.59. The minimum Gasteiger partial charge on any atom is -0.472 e. The van der Waals surface area contributed by atoms with E-state index in [9.17, 15) is 4.79 Å². The number of furan rings is 1. The topological polar surface area (TPSA) is 58.8 Å². The molecule has 1 amide bonds. The highest BCUT2D eigenvalue weighted by Gasteiger charge is 2.19. The van der Waals surface area contributed by atoms with E-state index in [1.807, 2.05) is 18.5 Å². The third-order valence-corrected chi connectivity index (χ3v) is 4.28. The predicted octanol–water partition coefficient (Wildman–Crippen LogP) is 1.84. The summed E-state index contributed by atoms with van der Waals surface area (Å²) in [5, 5.41) is 0. The number of aromatic nitrogens is 1. The fourth-order valence-corrected chi connectivity index (χ4v) is 2.90. The largest absolute Gasteiger partial charge is 0.472 e.